The van der Waals surface area contributed by atoms with Crippen molar-refractivity contribution in [1.82, 2.24) is 5.32 Å². The number of allylic oxidation sites excluding steroid dienone is 1. The van der Waals surface area contributed by atoms with E-state index in [9.17, 15) is 0 Å². The number of hydrogen-bond acceptors (Lipinski definition) is 1. The molecule has 0 aromatic heterocycles. The molecule has 0 saturated carbocycles. The van der Waals surface area contributed by atoms with Crippen molar-refractivity contribution in [1.29, 1.82) is 0 Å². The standard InChI is InChI=1S/C14H20ClN/c1-4-16-14(8-11(2)3)10-12-6-5-7-13(15)9-12/h5-9,14,16H,4,10H2,1-3H3. The van der Waals surface area contributed by atoms with E-state index in [-0.39, 0.29) is 0 Å². The minimum absolute atomic E-state index is 0.397. The fourth-order valence-corrected chi connectivity index (χ4v) is 1.99. The fourth-order valence-electron chi connectivity index (χ4n) is 1.77. The average molecular weight is 238 g/mol. The molecule has 2 heteroatoms. The molecule has 1 N–H and O–H groups in total. The highest BCUT2D eigenvalue weighted by molar-refractivity contribution is 6.30. The van der Waals surface area contributed by atoms with Crippen LogP contribution in [-0.2, 0) is 6.42 Å². The number of rotatable bonds is 5. The number of nitrogens with one attached hydrogen (secondary N) is 1. The Bertz CT molecular complexity index is 354. The third-order valence-electron chi connectivity index (χ3n) is 2.35. The summed E-state index contributed by atoms with van der Waals surface area (Å²) in [5.74, 6) is 0. The lowest BCUT2D eigenvalue weighted by atomic mass is 10.0. The van der Waals surface area contributed by atoms with Crippen molar-refractivity contribution in [3.8, 4) is 0 Å². The SMILES string of the molecule is CCNC(C=C(C)C)Cc1cccc(Cl)c1. The quantitative estimate of drug-likeness (QED) is 0.768. The van der Waals surface area contributed by atoms with E-state index in [0.717, 1.165) is 18.0 Å². The highest BCUT2D eigenvalue weighted by Crippen LogP contribution is 2.13. The molecule has 1 rings (SSSR count). The van der Waals surface area contributed by atoms with Crippen LogP contribution in [0.3, 0.4) is 0 Å². The maximum absolute atomic E-state index is 5.98. The van der Waals surface area contributed by atoms with E-state index in [1.807, 2.05) is 18.2 Å². The molecule has 1 unspecified atom stereocenters. The molecule has 1 nitrogen and oxygen atoms in total. The van der Waals surface area contributed by atoms with Gasteiger partial charge in [0.2, 0.25) is 0 Å². The Morgan fingerprint density at radius 2 is 2.19 bits per heavy atom. The van der Waals surface area contributed by atoms with Gasteiger partial charge in [0.25, 0.3) is 0 Å². The molecule has 0 saturated heterocycles. The Balaban J connectivity index is 2.71. The van der Waals surface area contributed by atoms with Crippen molar-refractivity contribution in [3.63, 3.8) is 0 Å². The van der Waals surface area contributed by atoms with Gasteiger partial charge in [-0.3, -0.25) is 0 Å². The Kier molecular flexibility index (Phi) is 5.58. The molecular weight excluding hydrogens is 218 g/mol. The van der Waals surface area contributed by atoms with Gasteiger partial charge in [-0.1, -0.05) is 42.3 Å². The minimum atomic E-state index is 0.397. The predicted molar refractivity (Wildman–Crippen MR) is 72.1 cm³/mol. The average Bonchev–Trinajstić information content (AvgIpc) is 2.16. The Morgan fingerprint density at radius 1 is 1.44 bits per heavy atom. The van der Waals surface area contributed by atoms with Crippen molar-refractivity contribution in [2.24, 2.45) is 0 Å². The molecule has 0 spiro atoms. The van der Waals surface area contributed by atoms with Crippen LogP contribution in [0.5, 0.6) is 0 Å². The summed E-state index contributed by atoms with van der Waals surface area (Å²) in [6.07, 6.45) is 3.25. The lowest BCUT2D eigenvalue weighted by Gasteiger charge is -2.14. The lowest BCUT2D eigenvalue weighted by Crippen LogP contribution is -2.29. The van der Waals surface area contributed by atoms with Crippen LogP contribution in [-0.4, -0.2) is 12.6 Å². The van der Waals surface area contributed by atoms with E-state index in [4.69, 9.17) is 11.6 Å². The second-order valence-electron chi connectivity index (χ2n) is 4.24. The Labute approximate surface area is 104 Å². The van der Waals surface area contributed by atoms with Gasteiger partial charge >= 0.3 is 0 Å². The largest absolute Gasteiger partial charge is 0.310 e. The first-order valence-corrected chi connectivity index (χ1v) is 6.12. The van der Waals surface area contributed by atoms with Crippen molar-refractivity contribution in [3.05, 3.63) is 46.5 Å². The van der Waals surface area contributed by atoms with Crippen molar-refractivity contribution < 1.29 is 0 Å². The molecule has 1 aromatic carbocycles. The molecule has 16 heavy (non-hydrogen) atoms. The third-order valence-corrected chi connectivity index (χ3v) is 2.58. The monoisotopic (exact) mass is 237 g/mol. The van der Waals surface area contributed by atoms with E-state index >= 15 is 0 Å². The Morgan fingerprint density at radius 3 is 2.75 bits per heavy atom. The van der Waals surface area contributed by atoms with Crippen LogP contribution >= 0.6 is 11.6 Å². The first kappa shape index (κ1) is 13.3. The van der Waals surface area contributed by atoms with Gasteiger partial charge in [0.15, 0.2) is 0 Å². The second-order valence-corrected chi connectivity index (χ2v) is 4.68. The maximum atomic E-state index is 5.98. The van der Waals surface area contributed by atoms with Crippen LogP contribution in [0.1, 0.15) is 26.3 Å². The number of hydrogen-bond donors (Lipinski definition) is 1. The van der Waals surface area contributed by atoms with Crippen LogP contribution < -0.4 is 5.32 Å². The minimum Gasteiger partial charge on any atom is -0.310 e. The van der Waals surface area contributed by atoms with Gasteiger partial charge in [-0.05, 0) is 44.5 Å². The zero-order valence-electron chi connectivity index (χ0n) is 10.3. The first-order valence-electron chi connectivity index (χ1n) is 5.74. The molecule has 0 aliphatic heterocycles. The van der Waals surface area contributed by atoms with Gasteiger partial charge in [0.1, 0.15) is 0 Å². The van der Waals surface area contributed by atoms with Gasteiger partial charge < -0.3 is 5.32 Å². The summed E-state index contributed by atoms with van der Waals surface area (Å²) in [4.78, 5) is 0. The number of benzene rings is 1. The van der Waals surface area contributed by atoms with Crippen molar-refractivity contribution in [2.45, 2.75) is 33.2 Å². The zero-order chi connectivity index (χ0) is 12.0. The van der Waals surface area contributed by atoms with Gasteiger partial charge in [-0.25, -0.2) is 0 Å². The van der Waals surface area contributed by atoms with Gasteiger partial charge in [0, 0.05) is 11.1 Å². The van der Waals surface area contributed by atoms with Crippen LogP contribution in [0.25, 0.3) is 0 Å². The molecular formula is C14H20ClN. The summed E-state index contributed by atoms with van der Waals surface area (Å²) in [6, 6.07) is 8.46. The van der Waals surface area contributed by atoms with Crippen molar-refractivity contribution in [2.75, 3.05) is 6.54 Å². The molecule has 0 aliphatic rings. The maximum Gasteiger partial charge on any atom is 0.0408 e. The summed E-state index contributed by atoms with van der Waals surface area (Å²) >= 11 is 5.98. The summed E-state index contributed by atoms with van der Waals surface area (Å²) in [6.45, 7) is 7.36. The summed E-state index contributed by atoms with van der Waals surface area (Å²) in [5, 5.41) is 4.27. The summed E-state index contributed by atoms with van der Waals surface area (Å²) in [5.41, 5.74) is 2.61. The van der Waals surface area contributed by atoms with Crippen molar-refractivity contribution >= 4 is 11.6 Å². The van der Waals surface area contributed by atoms with E-state index in [2.05, 4.69) is 38.2 Å². The smallest absolute Gasteiger partial charge is 0.0408 e. The van der Waals surface area contributed by atoms with Gasteiger partial charge in [-0.15, -0.1) is 0 Å². The molecule has 1 atom stereocenters. The Hall–Kier alpha value is -0.790. The van der Waals surface area contributed by atoms with E-state index in [1.54, 1.807) is 0 Å². The van der Waals surface area contributed by atoms with Crippen LogP contribution in [0.15, 0.2) is 35.9 Å². The molecule has 0 bridgehead atoms. The molecule has 0 heterocycles. The second kappa shape index (κ2) is 6.72. The third kappa shape index (κ3) is 4.82. The van der Waals surface area contributed by atoms with Gasteiger partial charge in [0.05, 0.1) is 0 Å². The zero-order valence-corrected chi connectivity index (χ0v) is 11.0. The van der Waals surface area contributed by atoms with E-state index in [1.165, 1.54) is 11.1 Å². The number of halogens is 1. The molecule has 0 fully saturated rings. The topological polar surface area (TPSA) is 12.0 Å². The summed E-state index contributed by atoms with van der Waals surface area (Å²) < 4.78 is 0. The normalized spacial score (nSPS) is 12.2. The van der Waals surface area contributed by atoms with Crippen LogP contribution in [0.2, 0.25) is 5.02 Å². The van der Waals surface area contributed by atoms with E-state index in [0.29, 0.717) is 6.04 Å². The van der Waals surface area contributed by atoms with Crippen LogP contribution in [0.4, 0.5) is 0 Å². The summed E-state index contributed by atoms with van der Waals surface area (Å²) in [7, 11) is 0. The highest BCUT2D eigenvalue weighted by Gasteiger charge is 2.05. The fraction of sp³-hybridized carbons (Fsp3) is 0.429. The van der Waals surface area contributed by atoms with Gasteiger partial charge in [-0.2, -0.15) is 0 Å². The molecule has 0 amide bonds. The number of likely N-dealkylation sites (N-methyl/N-ethyl adjacent to an activating group) is 1. The highest BCUT2D eigenvalue weighted by atomic mass is 35.5. The van der Waals surface area contributed by atoms with Crippen LogP contribution in [0, 0.1) is 0 Å². The molecule has 1 aromatic rings. The molecule has 0 aliphatic carbocycles. The molecule has 0 radical (unpaired) electrons. The first-order chi connectivity index (χ1) is 7.61. The predicted octanol–water partition coefficient (Wildman–Crippen LogP) is 3.83. The molecule has 88 valence electrons. The van der Waals surface area contributed by atoms with E-state index < -0.39 is 0 Å². The lowest BCUT2D eigenvalue weighted by molar-refractivity contribution is 0.609.